The maximum atomic E-state index is 14.4. The monoisotopic (exact) mass is 441 g/mol. The van der Waals surface area contributed by atoms with Crippen LogP contribution in [0.5, 0.6) is 0 Å². The highest BCUT2D eigenvalue weighted by Gasteiger charge is 2.56. The first-order valence-electron chi connectivity index (χ1n) is 11.3. The van der Waals surface area contributed by atoms with Gasteiger partial charge in [0, 0.05) is 49.5 Å². The molecule has 1 N–H and O–H groups in total. The number of likely N-dealkylation sites (N-methyl/N-ethyl adjacent to an activating group) is 1. The average Bonchev–Trinajstić information content (AvgIpc) is 3.05. The fraction of sp³-hybridized carbons (Fsp3) is 0.500. The number of carbonyl (C=O) groups is 1. The van der Waals surface area contributed by atoms with Gasteiger partial charge in [-0.2, -0.15) is 0 Å². The summed E-state index contributed by atoms with van der Waals surface area (Å²) in [6.45, 7) is 5.09. The van der Waals surface area contributed by atoms with E-state index in [1.54, 1.807) is 28.8 Å². The minimum atomic E-state index is -0.437. The molecule has 3 aliphatic rings. The number of nitrogens with zero attached hydrogens (tertiary/aromatic N) is 3. The number of amides is 1. The Morgan fingerprint density at radius 2 is 1.91 bits per heavy atom. The summed E-state index contributed by atoms with van der Waals surface area (Å²) in [5, 5.41) is 10.3. The molecule has 1 amide bonds. The largest absolute Gasteiger partial charge is 0.396 e. The highest BCUT2D eigenvalue weighted by Crippen LogP contribution is 2.48. The molecule has 0 saturated carbocycles. The second-order valence-corrected chi connectivity index (χ2v) is 8.72. The molecule has 2 bridgehead atoms. The lowest BCUT2D eigenvalue weighted by Gasteiger charge is -2.38. The minimum Gasteiger partial charge on any atom is -0.396 e. The predicted molar refractivity (Wildman–Crippen MR) is 116 cm³/mol. The quantitative estimate of drug-likeness (QED) is 0.778. The van der Waals surface area contributed by atoms with E-state index in [9.17, 15) is 19.1 Å². The van der Waals surface area contributed by atoms with Crippen molar-refractivity contribution in [1.82, 2.24) is 14.4 Å². The van der Waals surface area contributed by atoms with Crippen LogP contribution in [0.4, 0.5) is 4.39 Å². The van der Waals surface area contributed by atoms with E-state index in [-0.39, 0.29) is 41.6 Å². The highest BCUT2D eigenvalue weighted by atomic mass is 19.1. The number of pyridine rings is 1. The summed E-state index contributed by atoms with van der Waals surface area (Å²) in [6.07, 6.45) is 0. The molecule has 8 heteroatoms. The highest BCUT2D eigenvalue weighted by molar-refractivity contribution is 5.81. The third-order valence-corrected chi connectivity index (χ3v) is 7.31. The SMILES string of the molecule is CCN1[C@@H]2Cn3c(ccc(-c4ccccc4F)c3=O)[C@H]1[C@@H](C(=O)N1CCOCC1)[C@@H]2CO. The van der Waals surface area contributed by atoms with Crippen LogP contribution in [0.1, 0.15) is 18.7 Å². The zero-order valence-electron chi connectivity index (χ0n) is 18.1. The number of aromatic nitrogens is 1. The number of rotatable bonds is 4. The molecule has 4 atom stereocenters. The van der Waals surface area contributed by atoms with Crippen molar-refractivity contribution < 1.29 is 19.0 Å². The molecular weight excluding hydrogens is 413 g/mol. The fourth-order valence-corrected chi connectivity index (χ4v) is 5.82. The van der Waals surface area contributed by atoms with Gasteiger partial charge in [-0.1, -0.05) is 25.1 Å². The molecule has 0 unspecified atom stereocenters. The second-order valence-electron chi connectivity index (χ2n) is 8.72. The fourth-order valence-electron chi connectivity index (χ4n) is 5.82. The van der Waals surface area contributed by atoms with Gasteiger partial charge in [-0.25, -0.2) is 4.39 Å². The van der Waals surface area contributed by atoms with E-state index in [1.807, 2.05) is 17.9 Å². The summed E-state index contributed by atoms with van der Waals surface area (Å²) in [5.41, 5.74) is 1.09. The van der Waals surface area contributed by atoms with Crippen molar-refractivity contribution in [3.05, 3.63) is 58.3 Å². The zero-order valence-corrected chi connectivity index (χ0v) is 18.1. The lowest BCUT2D eigenvalue weighted by atomic mass is 9.86. The summed E-state index contributed by atoms with van der Waals surface area (Å²) < 4.78 is 21.5. The van der Waals surface area contributed by atoms with Crippen molar-refractivity contribution in [3.63, 3.8) is 0 Å². The molecule has 170 valence electrons. The van der Waals surface area contributed by atoms with Crippen LogP contribution in [0.2, 0.25) is 0 Å². The molecule has 1 aromatic heterocycles. The smallest absolute Gasteiger partial charge is 0.258 e. The van der Waals surface area contributed by atoms with Crippen molar-refractivity contribution in [3.8, 4) is 11.1 Å². The van der Waals surface area contributed by atoms with E-state index in [0.717, 1.165) is 5.69 Å². The molecule has 0 spiro atoms. The van der Waals surface area contributed by atoms with E-state index >= 15 is 0 Å². The summed E-state index contributed by atoms with van der Waals surface area (Å²) in [6, 6.07) is 9.36. The summed E-state index contributed by atoms with van der Waals surface area (Å²) >= 11 is 0. The number of hydrogen-bond donors (Lipinski definition) is 1. The van der Waals surface area contributed by atoms with Crippen molar-refractivity contribution in [2.24, 2.45) is 11.8 Å². The van der Waals surface area contributed by atoms with Gasteiger partial charge in [0.15, 0.2) is 0 Å². The number of carbonyl (C=O) groups excluding carboxylic acids is 1. The van der Waals surface area contributed by atoms with E-state index in [0.29, 0.717) is 45.0 Å². The van der Waals surface area contributed by atoms with Gasteiger partial charge in [-0.05, 0) is 24.7 Å². The Hall–Kier alpha value is -2.55. The van der Waals surface area contributed by atoms with Crippen LogP contribution in [-0.4, -0.2) is 70.9 Å². The van der Waals surface area contributed by atoms with E-state index in [2.05, 4.69) is 4.90 Å². The minimum absolute atomic E-state index is 0.0115. The van der Waals surface area contributed by atoms with E-state index < -0.39 is 11.7 Å². The summed E-state index contributed by atoms with van der Waals surface area (Å²) in [7, 11) is 0. The Morgan fingerprint density at radius 3 is 2.59 bits per heavy atom. The number of benzene rings is 1. The molecule has 0 radical (unpaired) electrons. The molecule has 5 rings (SSSR count). The second kappa shape index (κ2) is 8.42. The molecule has 2 saturated heterocycles. The summed E-state index contributed by atoms with van der Waals surface area (Å²) in [4.78, 5) is 31.1. The molecule has 0 aliphatic carbocycles. The molecule has 3 aliphatic heterocycles. The Bertz CT molecular complexity index is 1080. The van der Waals surface area contributed by atoms with Crippen LogP contribution in [0.3, 0.4) is 0 Å². The molecule has 2 fully saturated rings. The molecule has 32 heavy (non-hydrogen) atoms. The number of aliphatic hydroxyl groups excluding tert-OH is 1. The van der Waals surface area contributed by atoms with Crippen LogP contribution in [-0.2, 0) is 16.1 Å². The lowest BCUT2D eigenvalue weighted by molar-refractivity contribution is -0.142. The Kier molecular flexibility index (Phi) is 5.61. The maximum Gasteiger partial charge on any atom is 0.258 e. The number of aliphatic hydroxyl groups is 1. The lowest BCUT2D eigenvalue weighted by Crippen LogP contribution is -2.47. The van der Waals surface area contributed by atoms with Gasteiger partial charge in [0.05, 0.1) is 30.7 Å². The first kappa shape index (κ1) is 21.3. The van der Waals surface area contributed by atoms with Crippen LogP contribution < -0.4 is 5.56 Å². The van der Waals surface area contributed by atoms with Crippen molar-refractivity contribution in [1.29, 1.82) is 0 Å². The van der Waals surface area contributed by atoms with Gasteiger partial charge in [-0.3, -0.25) is 14.5 Å². The number of ether oxygens (including phenoxy) is 1. The van der Waals surface area contributed by atoms with Crippen LogP contribution in [0.15, 0.2) is 41.2 Å². The molecule has 2 aromatic rings. The van der Waals surface area contributed by atoms with E-state index in [4.69, 9.17) is 4.74 Å². The Labute approximate surface area is 186 Å². The van der Waals surface area contributed by atoms with Crippen molar-refractivity contribution in [2.45, 2.75) is 25.6 Å². The maximum absolute atomic E-state index is 14.4. The van der Waals surface area contributed by atoms with Crippen LogP contribution in [0, 0.1) is 17.7 Å². The topological polar surface area (TPSA) is 75.0 Å². The van der Waals surface area contributed by atoms with Crippen molar-refractivity contribution in [2.75, 3.05) is 39.5 Å². The molecular formula is C24H28FN3O4. The number of hydrogen-bond acceptors (Lipinski definition) is 5. The Balaban J connectivity index is 1.60. The van der Waals surface area contributed by atoms with Gasteiger partial charge in [0.25, 0.3) is 5.56 Å². The first-order chi connectivity index (χ1) is 15.6. The van der Waals surface area contributed by atoms with Gasteiger partial charge in [0.2, 0.25) is 5.91 Å². The standard InChI is InChI=1S/C24H28FN3O4/c1-2-27-20-13-28-19(8-7-16(23(28)30)15-5-3-4-6-18(15)25)22(27)21(17(20)14-29)24(31)26-9-11-32-12-10-26/h3-8,17,20-22,29H,2,9-14H2,1H3/t17-,20-,21+,22+/m1/s1. The van der Waals surface area contributed by atoms with Gasteiger partial charge in [0.1, 0.15) is 5.82 Å². The molecule has 1 aromatic carbocycles. The Morgan fingerprint density at radius 1 is 1.16 bits per heavy atom. The third kappa shape index (κ3) is 3.20. The summed E-state index contributed by atoms with van der Waals surface area (Å²) in [5.74, 6) is -1.13. The average molecular weight is 442 g/mol. The predicted octanol–water partition coefficient (Wildman–Crippen LogP) is 1.50. The zero-order chi connectivity index (χ0) is 22.4. The normalized spacial score (nSPS) is 27.4. The number of morpholine rings is 1. The van der Waals surface area contributed by atoms with E-state index in [1.165, 1.54) is 6.07 Å². The number of fused-ring (bicyclic) bond motifs is 4. The van der Waals surface area contributed by atoms with Crippen LogP contribution in [0.25, 0.3) is 11.1 Å². The van der Waals surface area contributed by atoms with Gasteiger partial charge < -0.3 is 19.3 Å². The third-order valence-electron chi connectivity index (χ3n) is 7.31. The van der Waals surface area contributed by atoms with Crippen molar-refractivity contribution >= 4 is 5.91 Å². The number of halogens is 1. The molecule has 7 nitrogen and oxygen atoms in total. The molecule has 4 heterocycles. The first-order valence-corrected chi connectivity index (χ1v) is 11.3. The van der Waals surface area contributed by atoms with Crippen LogP contribution >= 0.6 is 0 Å². The van der Waals surface area contributed by atoms with Gasteiger partial charge in [-0.15, -0.1) is 0 Å². The van der Waals surface area contributed by atoms with Gasteiger partial charge >= 0.3 is 0 Å².